The second kappa shape index (κ2) is 6.86. The number of rotatable bonds is 6. The van der Waals surface area contributed by atoms with Crippen LogP contribution in [0.2, 0.25) is 0 Å². The van der Waals surface area contributed by atoms with Gasteiger partial charge in [0.15, 0.2) is 0 Å². The van der Waals surface area contributed by atoms with Gasteiger partial charge in [0.25, 0.3) is 0 Å². The van der Waals surface area contributed by atoms with Crippen molar-refractivity contribution in [1.29, 1.82) is 0 Å². The molecule has 1 aliphatic rings. The topological polar surface area (TPSA) is 78.9 Å². The van der Waals surface area contributed by atoms with Crippen molar-refractivity contribution in [3.05, 3.63) is 0 Å². The Kier molecular flexibility index (Phi) is 5.84. The monoisotopic (exact) mass is 314 g/mol. The number of nitrogens with one attached hydrogen (secondary N) is 1. The molecule has 6 heteroatoms. The fourth-order valence-electron chi connectivity index (χ4n) is 2.82. The molecule has 0 radical (unpaired) electrons. The van der Waals surface area contributed by atoms with Gasteiger partial charge in [0.1, 0.15) is 5.60 Å². The molecule has 128 valence electrons. The first-order chi connectivity index (χ1) is 9.98. The highest BCUT2D eigenvalue weighted by Gasteiger charge is 2.48. The molecular weight excluding hydrogens is 284 g/mol. The minimum Gasteiger partial charge on any atom is -0.481 e. The maximum absolute atomic E-state index is 12.0. The molecule has 0 spiro atoms. The van der Waals surface area contributed by atoms with Gasteiger partial charge in [-0.15, -0.1) is 0 Å². The zero-order valence-electron chi connectivity index (χ0n) is 14.6. The Balaban J connectivity index is 2.71. The van der Waals surface area contributed by atoms with Crippen LogP contribution in [0, 0.1) is 5.92 Å². The molecule has 2 N–H and O–H groups in total. The molecule has 1 atom stereocenters. The van der Waals surface area contributed by atoms with Crippen LogP contribution < -0.4 is 5.32 Å². The zero-order valence-corrected chi connectivity index (χ0v) is 14.6. The van der Waals surface area contributed by atoms with Crippen molar-refractivity contribution in [3.8, 4) is 0 Å². The molecule has 0 aromatic rings. The summed E-state index contributed by atoms with van der Waals surface area (Å²) in [5, 5.41) is 12.6. The predicted octanol–water partition coefficient (Wildman–Crippen LogP) is 2.47. The van der Waals surface area contributed by atoms with E-state index >= 15 is 0 Å². The number of aliphatic carboxylic acids is 1. The van der Waals surface area contributed by atoms with E-state index in [2.05, 4.69) is 26.1 Å². The Labute approximate surface area is 133 Å². The minimum absolute atomic E-state index is 0.00944. The lowest BCUT2D eigenvalue weighted by Gasteiger charge is -2.51. The van der Waals surface area contributed by atoms with E-state index in [1.807, 2.05) is 20.8 Å². The first-order valence-corrected chi connectivity index (χ1v) is 7.95. The Hall–Kier alpha value is -1.30. The highest BCUT2D eigenvalue weighted by atomic mass is 16.6. The van der Waals surface area contributed by atoms with Gasteiger partial charge in [-0.25, -0.2) is 4.79 Å². The van der Waals surface area contributed by atoms with Gasteiger partial charge in [-0.1, -0.05) is 20.8 Å². The third kappa shape index (κ3) is 5.16. The molecule has 22 heavy (non-hydrogen) atoms. The molecule has 0 aliphatic carbocycles. The molecule has 1 unspecified atom stereocenters. The van der Waals surface area contributed by atoms with Gasteiger partial charge < -0.3 is 20.1 Å². The Bertz CT molecular complexity index is 409. The van der Waals surface area contributed by atoms with Crippen LogP contribution >= 0.6 is 0 Å². The van der Waals surface area contributed by atoms with Gasteiger partial charge >= 0.3 is 12.1 Å². The Morgan fingerprint density at radius 2 is 1.86 bits per heavy atom. The molecule has 0 aromatic carbocycles. The van der Waals surface area contributed by atoms with E-state index in [1.54, 1.807) is 4.90 Å². The van der Waals surface area contributed by atoms with Crippen molar-refractivity contribution in [2.75, 3.05) is 13.1 Å². The zero-order chi connectivity index (χ0) is 17.1. The summed E-state index contributed by atoms with van der Waals surface area (Å²) >= 11 is 0. The standard InChI is InChI=1S/C16H30N2O4/c1-7-12(11(2)3)17-16(8-13(19)20)9-18(10-16)14(21)22-15(4,5)6/h11-12,17H,7-10H2,1-6H3,(H,19,20). The van der Waals surface area contributed by atoms with Crippen LogP contribution in [-0.4, -0.2) is 52.3 Å². The number of ether oxygens (including phenoxy) is 1. The van der Waals surface area contributed by atoms with Gasteiger partial charge in [-0.2, -0.15) is 0 Å². The van der Waals surface area contributed by atoms with Gasteiger partial charge in [0.05, 0.1) is 12.0 Å². The summed E-state index contributed by atoms with van der Waals surface area (Å²) in [5.74, 6) is -0.443. The smallest absolute Gasteiger partial charge is 0.410 e. The number of hydrogen-bond acceptors (Lipinski definition) is 4. The molecule has 1 amide bonds. The number of amides is 1. The molecular formula is C16H30N2O4. The van der Waals surface area contributed by atoms with E-state index in [0.29, 0.717) is 19.0 Å². The highest BCUT2D eigenvalue weighted by Crippen LogP contribution is 2.28. The molecule has 1 fully saturated rings. The summed E-state index contributed by atoms with van der Waals surface area (Å²) in [4.78, 5) is 24.8. The van der Waals surface area contributed by atoms with Crippen LogP contribution in [0.5, 0.6) is 0 Å². The fourth-order valence-corrected chi connectivity index (χ4v) is 2.82. The van der Waals surface area contributed by atoms with Crippen molar-refractivity contribution in [2.24, 2.45) is 5.92 Å². The fraction of sp³-hybridized carbons (Fsp3) is 0.875. The van der Waals surface area contributed by atoms with Crippen LogP contribution in [0.4, 0.5) is 4.79 Å². The van der Waals surface area contributed by atoms with E-state index in [-0.39, 0.29) is 18.6 Å². The average Bonchev–Trinajstić information content (AvgIpc) is 2.28. The number of carbonyl (C=O) groups excluding carboxylic acids is 1. The average molecular weight is 314 g/mol. The minimum atomic E-state index is -0.852. The lowest BCUT2D eigenvalue weighted by Crippen LogP contribution is -2.73. The first kappa shape index (κ1) is 18.7. The number of carboxylic acid groups (broad SMARTS) is 1. The van der Waals surface area contributed by atoms with E-state index in [1.165, 1.54) is 0 Å². The van der Waals surface area contributed by atoms with Crippen LogP contribution in [-0.2, 0) is 9.53 Å². The summed E-state index contributed by atoms with van der Waals surface area (Å²) in [6.45, 7) is 12.5. The second-order valence-electron chi connectivity index (χ2n) is 7.59. The second-order valence-corrected chi connectivity index (χ2v) is 7.59. The van der Waals surface area contributed by atoms with Crippen LogP contribution in [0.15, 0.2) is 0 Å². The summed E-state index contributed by atoms with van der Waals surface area (Å²) in [7, 11) is 0. The number of hydrogen-bond donors (Lipinski definition) is 2. The molecule has 0 saturated carbocycles. The van der Waals surface area contributed by atoms with Gasteiger partial charge in [-0.3, -0.25) is 4.79 Å². The van der Waals surface area contributed by atoms with E-state index in [0.717, 1.165) is 6.42 Å². The molecule has 0 aromatic heterocycles. The van der Waals surface area contributed by atoms with Gasteiger partial charge in [0, 0.05) is 19.1 Å². The normalized spacial score (nSPS) is 18.8. The van der Waals surface area contributed by atoms with Crippen molar-refractivity contribution in [3.63, 3.8) is 0 Å². The summed E-state index contributed by atoms with van der Waals surface area (Å²) in [6, 6.07) is 0.236. The number of likely N-dealkylation sites (tertiary alicyclic amines) is 1. The molecule has 6 nitrogen and oxygen atoms in total. The molecule has 1 rings (SSSR count). The van der Waals surface area contributed by atoms with Crippen molar-refractivity contribution < 1.29 is 19.4 Å². The maximum Gasteiger partial charge on any atom is 0.410 e. The van der Waals surface area contributed by atoms with E-state index in [4.69, 9.17) is 4.74 Å². The van der Waals surface area contributed by atoms with Crippen LogP contribution in [0.1, 0.15) is 54.4 Å². The van der Waals surface area contributed by atoms with Crippen LogP contribution in [0.3, 0.4) is 0 Å². The van der Waals surface area contributed by atoms with Crippen molar-refractivity contribution >= 4 is 12.1 Å². The predicted molar refractivity (Wildman–Crippen MR) is 84.8 cm³/mol. The van der Waals surface area contributed by atoms with E-state index < -0.39 is 17.1 Å². The molecule has 1 heterocycles. The molecule has 0 bridgehead atoms. The largest absolute Gasteiger partial charge is 0.481 e. The number of carboxylic acids is 1. The molecule has 1 saturated heterocycles. The summed E-state index contributed by atoms with van der Waals surface area (Å²) < 4.78 is 5.33. The molecule has 1 aliphatic heterocycles. The van der Waals surface area contributed by atoms with Crippen molar-refractivity contribution in [2.45, 2.75) is 71.6 Å². The Morgan fingerprint density at radius 1 is 1.32 bits per heavy atom. The quantitative estimate of drug-likeness (QED) is 0.787. The number of nitrogens with zero attached hydrogens (tertiary/aromatic N) is 1. The van der Waals surface area contributed by atoms with Crippen molar-refractivity contribution in [1.82, 2.24) is 10.2 Å². The Morgan fingerprint density at radius 3 is 2.23 bits per heavy atom. The summed E-state index contributed by atoms with van der Waals surface area (Å²) in [6.07, 6.45) is 0.550. The first-order valence-electron chi connectivity index (χ1n) is 7.95. The third-order valence-corrected chi connectivity index (χ3v) is 3.86. The number of carbonyl (C=O) groups is 2. The lowest BCUT2D eigenvalue weighted by atomic mass is 9.84. The summed E-state index contributed by atoms with van der Waals surface area (Å²) in [5.41, 5.74) is -1.09. The lowest BCUT2D eigenvalue weighted by molar-refractivity contribution is -0.141. The maximum atomic E-state index is 12.0. The highest BCUT2D eigenvalue weighted by molar-refractivity contribution is 5.73. The van der Waals surface area contributed by atoms with E-state index in [9.17, 15) is 14.7 Å². The van der Waals surface area contributed by atoms with Gasteiger partial charge in [-0.05, 0) is 33.1 Å². The van der Waals surface area contributed by atoms with Crippen LogP contribution in [0.25, 0.3) is 0 Å². The third-order valence-electron chi connectivity index (χ3n) is 3.86. The van der Waals surface area contributed by atoms with Gasteiger partial charge in [0.2, 0.25) is 0 Å². The SMILES string of the molecule is CCC(NC1(CC(=O)O)CN(C(=O)OC(C)(C)C)C1)C(C)C.